The molecule has 1 aromatic rings. The molecule has 3 fully saturated rings. The number of rotatable bonds is 5. The SMILES string of the molecule is Cc1ccsc1CN1C[C@@H]2OCC[C@@H]2[C@@H](C(=O)NCC2CC2)C1. The predicted molar refractivity (Wildman–Crippen MR) is 91.4 cm³/mol. The average molecular weight is 334 g/mol. The molecule has 5 heteroatoms. The molecule has 1 aliphatic carbocycles. The van der Waals surface area contributed by atoms with Crippen LogP contribution in [0.4, 0.5) is 0 Å². The zero-order chi connectivity index (χ0) is 15.8. The van der Waals surface area contributed by atoms with Crippen molar-refractivity contribution in [3.63, 3.8) is 0 Å². The van der Waals surface area contributed by atoms with Gasteiger partial charge in [0.15, 0.2) is 0 Å². The molecule has 0 aromatic carbocycles. The number of ether oxygens (including phenoxy) is 1. The summed E-state index contributed by atoms with van der Waals surface area (Å²) in [7, 11) is 0. The summed E-state index contributed by atoms with van der Waals surface area (Å²) >= 11 is 1.82. The number of nitrogens with zero attached hydrogens (tertiary/aromatic N) is 1. The smallest absolute Gasteiger partial charge is 0.224 e. The van der Waals surface area contributed by atoms with Gasteiger partial charge in [0, 0.05) is 43.6 Å². The largest absolute Gasteiger partial charge is 0.377 e. The standard InChI is InChI=1S/C18H26N2O2S/c1-12-5-7-23-17(12)11-20-9-15(14-4-6-22-16(14)10-20)18(21)19-8-13-2-3-13/h5,7,13-16H,2-4,6,8-11H2,1H3,(H,19,21)/t14-,15+,16+/m1/s1. The molecule has 4 rings (SSSR count). The van der Waals surface area contributed by atoms with Gasteiger partial charge in [0.05, 0.1) is 12.0 Å². The normalized spacial score (nSPS) is 31.1. The van der Waals surface area contributed by atoms with E-state index in [-0.39, 0.29) is 17.9 Å². The number of piperidine rings is 1. The Kier molecular flexibility index (Phi) is 4.43. The second-order valence-corrected chi connectivity index (χ2v) is 8.38. The zero-order valence-corrected chi connectivity index (χ0v) is 14.6. The molecule has 2 saturated heterocycles. The number of hydrogen-bond acceptors (Lipinski definition) is 4. The molecule has 126 valence electrons. The summed E-state index contributed by atoms with van der Waals surface area (Å²) in [5, 5.41) is 5.36. The highest BCUT2D eigenvalue weighted by Gasteiger charge is 2.44. The Labute approximate surface area is 142 Å². The van der Waals surface area contributed by atoms with Crippen LogP contribution in [0.5, 0.6) is 0 Å². The van der Waals surface area contributed by atoms with Crippen LogP contribution in [0.3, 0.4) is 0 Å². The second-order valence-electron chi connectivity index (χ2n) is 7.38. The van der Waals surface area contributed by atoms with Crippen LogP contribution in [0.1, 0.15) is 29.7 Å². The first-order chi connectivity index (χ1) is 11.2. The molecule has 3 aliphatic rings. The lowest BCUT2D eigenvalue weighted by Gasteiger charge is -2.39. The van der Waals surface area contributed by atoms with Crippen molar-refractivity contribution in [1.29, 1.82) is 0 Å². The van der Waals surface area contributed by atoms with E-state index in [4.69, 9.17) is 4.74 Å². The van der Waals surface area contributed by atoms with Gasteiger partial charge in [0.1, 0.15) is 0 Å². The average Bonchev–Trinajstić information content (AvgIpc) is 3.11. The highest BCUT2D eigenvalue weighted by atomic mass is 32.1. The molecule has 2 aliphatic heterocycles. The first kappa shape index (κ1) is 15.6. The molecule has 0 bridgehead atoms. The lowest BCUT2D eigenvalue weighted by Crippen LogP contribution is -2.52. The minimum Gasteiger partial charge on any atom is -0.377 e. The van der Waals surface area contributed by atoms with Crippen molar-refractivity contribution in [3.8, 4) is 0 Å². The highest BCUT2D eigenvalue weighted by molar-refractivity contribution is 7.10. The van der Waals surface area contributed by atoms with E-state index in [0.29, 0.717) is 5.92 Å². The minimum atomic E-state index is 0.0928. The second kappa shape index (κ2) is 6.54. The van der Waals surface area contributed by atoms with E-state index < -0.39 is 0 Å². The molecule has 23 heavy (non-hydrogen) atoms. The van der Waals surface area contributed by atoms with Crippen molar-refractivity contribution < 1.29 is 9.53 Å². The van der Waals surface area contributed by atoms with Crippen LogP contribution in [-0.4, -0.2) is 43.2 Å². The zero-order valence-electron chi connectivity index (χ0n) is 13.8. The van der Waals surface area contributed by atoms with E-state index >= 15 is 0 Å². The number of nitrogens with one attached hydrogen (secondary N) is 1. The lowest BCUT2D eigenvalue weighted by molar-refractivity contribution is -0.131. The van der Waals surface area contributed by atoms with Crippen molar-refractivity contribution in [2.75, 3.05) is 26.2 Å². The maximum Gasteiger partial charge on any atom is 0.224 e. The maximum absolute atomic E-state index is 12.7. The summed E-state index contributed by atoms with van der Waals surface area (Å²) in [6.07, 6.45) is 3.84. The third kappa shape index (κ3) is 3.47. The molecule has 1 saturated carbocycles. The van der Waals surface area contributed by atoms with E-state index in [9.17, 15) is 4.79 Å². The fourth-order valence-electron chi connectivity index (χ4n) is 3.93. The van der Waals surface area contributed by atoms with Gasteiger partial charge in [0.25, 0.3) is 0 Å². The Bertz CT molecular complexity index is 569. The van der Waals surface area contributed by atoms with Gasteiger partial charge in [-0.3, -0.25) is 9.69 Å². The van der Waals surface area contributed by atoms with Crippen LogP contribution in [0.15, 0.2) is 11.4 Å². The van der Waals surface area contributed by atoms with Crippen molar-refractivity contribution in [1.82, 2.24) is 10.2 Å². The van der Waals surface area contributed by atoms with Gasteiger partial charge < -0.3 is 10.1 Å². The lowest BCUT2D eigenvalue weighted by atomic mass is 9.82. The van der Waals surface area contributed by atoms with E-state index in [1.54, 1.807) is 0 Å². The van der Waals surface area contributed by atoms with Crippen LogP contribution in [0, 0.1) is 24.7 Å². The molecule has 1 N–H and O–H groups in total. The molecule has 4 nitrogen and oxygen atoms in total. The van der Waals surface area contributed by atoms with E-state index in [0.717, 1.165) is 45.1 Å². The number of fused-ring (bicyclic) bond motifs is 1. The van der Waals surface area contributed by atoms with Gasteiger partial charge in [-0.05, 0) is 49.1 Å². The Hall–Kier alpha value is -0.910. The summed E-state index contributed by atoms with van der Waals surface area (Å²) in [6, 6.07) is 2.18. The number of carbonyl (C=O) groups excluding carboxylic acids is 1. The number of amides is 1. The molecule has 0 radical (unpaired) electrons. The monoisotopic (exact) mass is 334 g/mol. The number of aryl methyl sites for hydroxylation is 1. The number of thiophene rings is 1. The summed E-state index contributed by atoms with van der Waals surface area (Å²) in [4.78, 5) is 16.5. The minimum absolute atomic E-state index is 0.0928. The van der Waals surface area contributed by atoms with Gasteiger partial charge in [-0.15, -0.1) is 11.3 Å². The van der Waals surface area contributed by atoms with E-state index in [2.05, 4.69) is 28.6 Å². The van der Waals surface area contributed by atoms with E-state index in [1.807, 2.05) is 11.3 Å². The van der Waals surface area contributed by atoms with Gasteiger partial charge >= 0.3 is 0 Å². The molecule has 3 atom stereocenters. The summed E-state index contributed by atoms with van der Waals surface area (Å²) < 4.78 is 5.94. The van der Waals surface area contributed by atoms with Gasteiger partial charge in [-0.25, -0.2) is 0 Å². The fraction of sp³-hybridized carbons (Fsp3) is 0.722. The van der Waals surface area contributed by atoms with Crippen LogP contribution >= 0.6 is 11.3 Å². The van der Waals surface area contributed by atoms with E-state index in [1.165, 1.54) is 23.3 Å². The topological polar surface area (TPSA) is 41.6 Å². The maximum atomic E-state index is 12.7. The van der Waals surface area contributed by atoms with Crippen LogP contribution < -0.4 is 5.32 Å². The Morgan fingerprint density at radius 1 is 1.39 bits per heavy atom. The van der Waals surface area contributed by atoms with Gasteiger partial charge in [-0.1, -0.05) is 0 Å². The number of likely N-dealkylation sites (tertiary alicyclic amines) is 1. The molecular weight excluding hydrogens is 308 g/mol. The van der Waals surface area contributed by atoms with Crippen molar-refractivity contribution in [2.45, 2.75) is 38.8 Å². The van der Waals surface area contributed by atoms with Crippen molar-refractivity contribution >= 4 is 17.2 Å². The third-order valence-electron chi connectivity index (χ3n) is 5.60. The molecule has 1 aromatic heterocycles. The molecule has 3 heterocycles. The Balaban J connectivity index is 1.43. The number of carbonyl (C=O) groups is 1. The molecule has 0 spiro atoms. The predicted octanol–water partition coefficient (Wildman–Crippen LogP) is 2.42. The quantitative estimate of drug-likeness (QED) is 0.899. The first-order valence-corrected chi connectivity index (χ1v) is 9.73. The summed E-state index contributed by atoms with van der Waals surface area (Å²) in [6.45, 7) is 6.64. The summed E-state index contributed by atoms with van der Waals surface area (Å²) in [5.74, 6) is 1.50. The van der Waals surface area contributed by atoms with Gasteiger partial charge in [0.2, 0.25) is 5.91 Å². The molecular formula is C18H26N2O2S. The third-order valence-corrected chi connectivity index (χ3v) is 6.61. The number of hydrogen-bond donors (Lipinski definition) is 1. The van der Waals surface area contributed by atoms with Crippen LogP contribution in [0.25, 0.3) is 0 Å². The van der Waals surface area contributed by atoms with Crippen LogP contribution in [-0.2, 0) is 16.1 Å². The Morgan fingerprint density at radius 3 is 3.00 bits per heavy atom. The van der Waals surface area contributed by atoms with Crippen molar-refractivity contribution in [2.24, 2.45) is 17.8 Å². The fourth-order valence-corrected chi connectivity index (χ4v) is 4.88. The molecule has 1 amide bonds. The van der Waals surface area contributed by atoms with Gasteiger partial charge in [-0.2, -0.15) is 0 Å². The first-order valence-electron chi connectivity index (χ1n) is 8.85. The molecule has 0 unspecified atom stereocenters. The van der Waals surface area contributed by atoms with Crippen molar-refractivity contribution in [3.05, 3.63) is 21.9 Å². The summed E-state index contributed by atoms with van der Waals surface area (Å²) in [5.41, 5.74) is 1.36. The highest BCUT2D eigenvalue weighted by Crippen LogP contribution is 2.35. The van der Waals surface area contributed by atoms with Crippen LogP contribution in [0.2, 0.25) is 0 Å². The Morgan fingerprint density at radius 2 is 2.26 bits per heavy atom.